The summed E-state index contributed by atoms with van der Waals surface area (Å²) in [6.07, 6.45) is 0. The summed E-state index contributed by atoms with van der Waals surface area (Å²) in [5.74, 6) is -0.0230. The first kappa shape index (κ1) is 22.2. The highest BCUT2D eigenvalue weighted by molar-refractivity contribution is 6.16. The Hall–Kier alpha value is -3.58. The molecule has 5 rings (SSSR count). The van der Waals surface area contributed by atoms with E-state index in [1.807, 2.05) is 30.3 Å². The lowest BCUT2D eigenvalue weighted by Gasteiger charge is -2.34. The van der Waals surface area contributed by atoms with E-state index in [1.54, 1.807) is 26.0 Å². The number of rotatable bonds is 5. The number of hydrogen-bond acceptors (Lipinski definition) is 5. The maximum Gasteiger partial charge on any atom is 0.342 e. The normalized spacial score (nSPS) is 14.7. The van der Waals surface area contributed by atoms with Gasteiger partial charge in [-0.05, 0) is 26.0 Å². The molecule has 7 heteroatoms. The number of nitrogens with zero attached hydrogens (tertiary/aromatic N) is 1. The Morgan fingerprint density at radius 2 is 1.79 bits per heavy atom. The number of aryl methyl sites for hydroxylation is 1. The zero-order chi connectivity index (χ0) is 23.8. The maximum absolute atomic E-state index is 14.2. The predicted octanol–water partition coefficient (Wildman–Crippen LogP) is 3.82. The molecule has 0 radical (unpaired) electrons. The summed E-state index contributed by atoms with van der Waals surface area (Å²) >= 11 is 0. The number of nitrogens with one attached hydrogen (secondary N) is 1. The van der Waals surface area contributed by atoms with Crippen molar-refractivity contribution in [3.8, 4) is 5.75 Å². The fourth-order valence-electron chi connectivity index (χ4n) is 5.01. The van der Waals surface area contributed by atoms with E-state index in [4.69, 9.17) is 9.15 Å². The molecule has 3 aromatic carbocycles. The number of carbonyl (C=O) groups is 1. The Kier molecular flexibility index (Phi) is 5.87. The fraction of sp³-hybridized carbons (Fsp3) is 0.296. The van der Waals surface area contributed by atoms with Crippen LogP contribution >= 0.6 is 0 Å². The van der Waals surface area contributed by atoms with Gasteiger partial charge in [-0.2, -0.15) is 0 Å². The summed E-state index contributed by atoms with van der Waals surface area (Å²) in [5.41, 5.74) is 2.26. The molecule has 2 heterocycles. The molecule has 0 atom stereocenters. The lowest BCUT2D eigenvalue weighted by molar-refractivity contribution is -0.914. The molecule has 1 saturated heterocycles. The third-order valence-electron chi connectivity index (χ3n) is 6.67. The van der Waals surface area contributed by atoms with Crippen molar-refractivity contribution in [1.82, 2.24) is 0 Å². The van der Waals surface area contributed by atoms with Crippen molar-refractivity contribution in [2.24, 2.45) is 0 Å². The standard InChI is InChI=1S/C27H27FN2O4/c1-3-33-27(32)23-17(2)34-26-19-9-5-4-8-18(19)25(31)20(24(23)26)16-29-12-14-30(15-13-29)22-11-7-6-10-21(22)28/h4-11,31H,3,12-16H2,1-2H3/p+1. The molecular formula is C27H28FN2O4+. The number of piperazine rings is 1. The Balaban J connectivity index is 1.53. The number of anilines is 1. The van der Waals surface area contributed by atoms with E-state index in [9.17, 15) is 14.3 Å². The Bertz CT molecular complexity index is 1370. The van der Waals surface area contributed by atoms with Gasteiger partial charge in [0.05, 0.1) is 44.0 Å². The van der Waals surface area contributed by atoms with Gasteiger partial charge in [0, 0.05) is 16.2 Å². The number of furan rings is 1. The molecule has 6 nitrogen and oxygen atoms in total. The topological polar surface area (TPSA) is 67.3 Å². The van der Waals surface area contributed by atoms with Crippen molar-refractivity contribution in [2.45, 2.75) is 20.4 Å². The van der Waals surface area contributed by atoms with Crippen molar-refractivity contribution >= 4 is 33.4 Å². The third-order valence-corrected chi connectivity index (χ3v) is 6.67. The number of esters is 1. The maximum atomic E-state index is 14.2. The van der Waals surface area contributed by atoms with Crippen molar-refractivity contribution in [2.75, 3.05) is 37.7 Å². The zero-order valence-corrected chi connectivity index (χ0v) is 19.4. The van der Waals surface area contributed by atoms with Gasteiger partial charge < -0.3 is 24.1 Å². The minimum absolute atomic E-state index is 0.165. The molecule has 1 aromatic heterocycles. The minimum atomic E-state index is -0.450. The highest BCUT2D eigenvalue weighted by Gasteiger charge is 2.30. The molecule has 0 unspecified atom stereocenters. The number of ether oxygens (including phenoxy) is 1. The summed E-state index contributed by atoms with van der Waals surface area (Å²) < 4.78 is 25.6. The number of hydrogen-bond donors (Lipinski definition) is 2. The van der Waals surface area contributed by atoms with Crippen molar-refractivity contribution in [1.29, 1.82) is 0 Å². The minimum Gasteiger partial charge on any atom is -0.507 e. The van der Waals surface area contributed by atoms with Crippen LogP contribution in [-0.4, -0.2) is 43.9 Å². The number of phenols is 1. The molecule has 1 aliphatic heterocycles. The van der Waals surface area contributed by atoms with Crippen LogP contribution in [0.4, 0.5) is 10.1 Å². The van der Waals surface area contributed by atoms with Crippen LogP contribution in [0.2, 0.25) is 0 Å². The molecule has 0 bridgehead atoms. The molecule has 1 aliphatic rings. The van der Waals surface area contributed by atoms with Gasteiger partial charge in [-0.25, -0.2) is 9.18 Å². The van der Waals surface area contributed by atoms with E-state index in [0.29, 0.717) is 58.6 Å². The van der Waals surface area contributed by atoms with Crippen LogP contribution in [0.5, 0.6) is 5.75 Å². The van der Waals surface area contributed by atoms with Crippen LogP contribution in [-0.2, 0) is 11.3 Å². The summed E-state index contributed by atoms with van der Waals surface area (Å²) in [6, 6.07) is 14.3. The Labute approximate surface area is 197 Å². The average molecular weight is 464 g/mol. The number of phenolic OH excluding ortho intramolecular Hbond substituents is 1. The zero-order valence-electron chi connectivity index (χ0n) is 19.4. The largest absolute Gasteiger partial charge is 0.507 e. The molecule has 2 N–H and O–H groups in total. The highest BCUT2D eigenvalue weighted by Crippen LogP contribution is 2.41. The summed E-state index contributed by atoms with van der Waals surface area (Å²) in [5, 5.41) is 13.4. The Morgan fingerprint density at radius 3 is 2.50 bits per heavy atom. The molecule has 34 heavy (non-hydrogen) atoms. The van der Waals surface area contributed by atoms with E-state index < -0.39 is 5.97 Å². The molecule has 0 amide bonds. The molecular weight excluding hydrogens is 435 g/mol. The fourth-order valence-corrected chi connectivity index (χ4v) is 5.01. The summed E-state index contributed by atoms with van der Waals surface area (Å²) in [6.45, 7) is 7.23. The number of fused-ring (bicyclic) bond motifs is 3. The van der Waals surface area contributed by atoms with Crippen LogP contribution in [0, 0.1) is 12.7 Å². The van der Waals surface area contributed by atoms with Crippen LogP contribution < -0.4 is 9.80 Å². The van der Waals surface area contributed by atoms with Gasteiger partial charge in [0.15, 0.2) is 0 Å². The van der Waals surface area contributed by atoms with Gasteiger partial charge >= 0.3 is 5.97 Å². The first-order valence-electron chi connectivity index (χ1n) is 11.6. The average Bonchev–Trinajstić information content (AvgIpc) is 3.20. The van der Waals surface area contributed by atoms with E-state index >= 15 is 0 Å². The monoisotopic (exact) mass is 463 g/mol. The second-order valence-corrected chi connectivity index (χ2v) is 8.70. The van der Waals surface area contributed by atoms with Crippen LogP contribution in [0.25, 0.3) is 21.7 Å². The number of benzene rings is 3. The van der Waals surface area contributed by atoms with Crippen LogP contribution in [0.1, 0.15) is 28.6 Å². The SMILES string of the molecule is CCOC(=O)c1c(C)oc2c1c(C[NH+]1CCN(c3ccccc3F)CC1)c(O)c1ccccc12. The third kappa shape index (κ3) is 3.76. The molecule has 176 valence electrons. The summed E-state index contributed by atoms with van der Waals surface area (Å²) in [4.78, 5) is 16.2. The van der Waals surface area contributed by atoms with Gasteiger partial charge in [0.25, 0.3) is 0 Å². The first-order valence-corrected chi connectivity index (χ1v) is 11.6. The highest BCUT2D eigenvalue weighted by atomic mass is 19.1. The number of quaternary nitrogens is 1. The quantitative estimate of drug-likeness (QED) is 0.441. The lowest BCUT2D eigenvalue weighted by atomic mass is 9.97. The number of aromatic hydroxyl groups is 1. The van der Waals surface area contributed by atoms with Gasteiger partial charge in [0.1, 0.15) is 35.0 Å². The van der Waals surface area contributed by atoms with Gasteiger partial charge in [-0.1, -0.05) is 36.4 Å². The van der Waals surface area contributed by atoms with Gasteiger partial charge in [-0.3, -0.25) is 0 Å². The number of halogens is 1. The van der Waals surface area contributed by atoms with Gasteiger partial charge in [0.2, 0.25) is 0 Å². The van der Waals surface area contributed by atoms with E-state index in [1.165, 1.54) is 11.0 Å². The number of carbonyl (C=O) groups excluding carboxylic acids is 1. The van der Waals surface area contributed by atoms with Crippen LogP contribution in [0.15, 0.2) is 52.9 Å². The van der Waals surface area contributed by atoms with E-state index in [0.717, 1.165) is 18.5 Å². The second kappa shape index (κ2) is 8.99. The van der Waals surface area contributed by atoms with Crippen molar-refractivity contribution < 1.29 is 28.3 Å². The van der Waals surface area contributed by atoms with E-state index in [2.05, 4.69) is 4.90 Å². The van der Waals surface area contributed by atoms with Crippen molar-refractivity contribution in [3.05, 3.63) is 71.2 Å². The first-order chi connectivity index (χ1) is 16.5. The number of para-hydroxylation sites is 1. The van der Waals surface area contributed by atoms with Crippen molar-refractivity contribution in [3.63, 3.8) is 0 Å². The Morgan fingerprint density at radius 1 is 1.12 bits per heavy atom. The molecule has 1 fully saturated rings. The molecule has 0 aliphatic carbocycles. The predicted molar refractivity (Wildman–Crippen MR) is 129 cm³/mol. The molecule has 4 aromatic rings. The van der Waals surface area contributed by atoms with Crippen LogP contribution in [0.3, 0.4) is 0 Å². The molecule has 0 saturated carbocycles. The smallest absolute Gasteiger partial charge is 0.342 e. The second-order valence-electron chi connectivity index (χ2n) is 8.70. The molecule has 0 spiro atoms. The lowest BCUT2D eigenvalue weighted by Crippen LogP contribution is -3.13. The summed E-state index contributed by atoms with van der Waals surface area (Å²) in [7, 11) is 0. The van der Waals surface area contributed by atoms with E-state index in [-0.39, 0.29) is 18.2 Å². The van der Waals surface area contributed by atoms with Gasteiger partial charge in [-0.15, -0.1) is 0 Å².